The molecule has 1 aromatic rings. The molecular weight excluding hydrogens is 237 g/mol. The van der Waals surface area contributed by atoms with Crippen molar-refractivity contribution in [2.75, 3.05) is 5.32 Å². The number of carbonyl (C=O) groups excluding carboxylic acids is 1. The molecular formula is C13H16FNO3. The zero-order valence-electron chi connectivity index (χ0n) is 10.2. The topological polar surface area (TPSA) is 66.4 Å². The summed E-state index contributed by atoms with van der Waals surface area (Å²) < 4.78 is 13.2. The molecule has 0 aliphatic rings. The Labute approximate surface area is 105 Å². The summed E-state index contributed by atoms with van der Waals surface area (Å²) >= 11 is 0. The second-order valence-electron chi connectivity index (χ2n) is 4.06. The van der Waals surface area contributed by atoms with Gasteiger partial charge in [-0.05, 0) is 31.9 Å². The first-order valence-electron chi connectivity index (χ1n) is 5.77. The number of carbonyl (C=O) groups is 2. The summed E-state index contributed by atoms with van der Waals surface area (Å²) in [6, 6.07) is 4.49. The van der Waals surface area contributed by atoms with Crippen molar-refractivity contribution < 1.29 is 19.1 Å². The third-order valence-corrected chi connectivity index (χ3v) is 2.59. The molecule has 0 fully saturated rings. The standard InChI is InChI=1S/C13H16FNO3/c1-9-10(14)5-4-6-11(9)15-12(16)7-2-3-8-13(17)18/h4-6H,2-3,7-8H2,1H3,(H,15,16)(H,17,18). The largest absolute Gasteiger partial charge is 0.481 e. The smallest absolute Gasteiger partial charge is 0.303 e. The molecule has 18 heavy (non-hydrogen) atoms. The van der Waals surface area contributed by atoms with E-state index in [2.05, 4.69) is 5.32 Å². The highest BCUT2D eigenvalue weighted by molar-refractivity contribution is 5.91. The molecule has 1 rings (SSSR count). The quantitative estimate of drug-likeness (QED) is 0.766. The summed E-state index contributed by atoms with van der Waals surface area (Å²) in [4.78, 5) is 21.8. The normalized spacial score (nSPS) is 10.1. The molecule has 2 N–H and O–H groups in total. The monoisotopic (exact) mass is 253 g/mol. The minimum absolute atomic E-state index is 0.0618. The van der Waals surface area contributed by atoms with E-state index >= 15 is 0 Å². The fraction of sp³-hybridized carbons (Fsp3) is 0.385. The van der Waals surface area contributed by atoms with Crippen LogP contribution in [0.25, 0.3) is 0 Å². The molecule has 0 aliphatic carbocycles. The summed E-state index contributed by atoms with van der Waals surface area (Å²) in [6.07, 6.45) is 1.27. The van der Waals surface area contributed by atoms with E-state index in [1.165, 1.54) is 12.1 Å². The van der Waals surface area contributed by atoms with E-state index in [-0.39, 0.29) is 24.6 Å². The van der Waals surface area contributed by atoms with Crippen LogP contribution in [0.5, 0.6) is 0 Å². The van der Waals surface area contributed by atoms with Gasteiger partial charge < -0.3 is 10.4 Å². The van der Waals surface area contributed by atoms with Crippen molar-refractivity contribution in [3.63, 3.8) is 0 Å². The Morgan fingerprint density at radius 2 is 1.94 bits per heavy atom. The van der Waals surface area contributed by atoms with E-state index in [4.69, 9.17) is 5.11 Å². The molecule has 0 unspecified atom stereocenters. The van der Waals surface area contributed by atoms with Gasteiger partial charge >= 0.3 is 5.97 Å². The van der Waals surface area contributed by atoms with Crippen LogP contribution in [0.15, 0.2) is 18.2 Å². The molecule has 98 valence electrons. The van der Waals surface area contributed by atoms with Crippen LogP contribution in [0.3, 0.4) is 0 Å². The number of hydrogen-bond donors (Lipinski definition) is 2. The van der Waals surface area contributed by atoms with Crippen LogP contribution in [0, 0.1) is 12.7 Å². The fourth-order valence-corrected chi connectivity index (χ4v) is 1.52. The lowest BCUT2D eigenvalue weighted by Crippen LogP contribution is -2.12. The number of nitrogens with one attached hydrogen (secondary N) is 1. The van der Waals surface area contributed by atoms with Gasteiger partial charge in [-0.15, -0.1) is 0 Å². The minimum Gasteiger partial charge on any atom is -0.481 e. The van der Waals surface area contributed by atoms with Crippen molar-refractivity contribution in [1.82, 2.24) is 0 Å². The van der Waals surface area contributed by atoms with Crippen LogP contribution in [-0.2, 0) is 9.59 Å². The van der Waals surface area contributed by atoms with Gasteiger partial charge in [0.2, 0.25) is 5.91 Å². The third kappa shape index (κ3) is 4.53. The maximum Gasteiger partial charge on any atom is 0.303 e. The molecule has 0 radical (unpaired) electrons. The third-order valence-electron chi connectivity index (χ3n) is 2.59. The minimum atomic E-state index is -0.864. The average molecular weight is 253 g/mol. The van der Waals surface area contributed by atoms with Gasteiger partial charge in [-0.2, -0.15) is 0 Å². The molecule has 0 aromatic heterocycles. The van der Waals surface area contributed by atoms with E-state index in [0.717, 1.165) is 0 Å². The van der Waals surface area contributed by atoms with Crippen LogP contribution < -0.4 is 5.32 Å². The lowest BCUT2D eigenvalue weighted by Gasteiger charge is -2.08. The summed E-state index contributed by atoms with van der Waals surface area (Å²) in [7, 11) is 0. The number of unbranched alkanes of at least 4 members (excludes halogenated alkanes) is 1. The number of carboxylic acid groups (broad SMARTS) is 1. The van der Waals surface area contributed by atoms with Gasteiger partial charge in [0.1, 0.15) is 5.82 Å². The van der Waals surface area contributed by atoms with Crippen molar-refractivity contribution in [2.45, 2.75) is 32.6 Å². The molecule has 0 saturated carbocycles. The zero-order valence-corrected chi connectivity index (χ0v) is 10.2. The van der Waals surface area contributed by atoms with Crippen LogP contribution in [0.1, 0.15) is 31.2 Å². The van der Waals surface area contributed by atoms with Gasteiger partial charge in [-0.25, -0.2) is 4.39 Å². The first-order chi connectivity index (χ1) is 8.50. The molecule has 0 saturated heterocycles. The summed E-state index contributed by atoms with van der Waals surface area (Å²) in [5.41, 5.74) is 0.856. The van der Waals surface area contributed by atoms with Gasteiger partial charge in [-0.1, -0.05) is 6.07 Å². The summed E-state index contributed by atoms with van der Waals surface area (Å²) in [6.45, 7) is 1.59. The molecule has 1 amide bonds. The van der Waals surface area contributed by atoms with Gasteiger partial charge in [0.25, 0.3) is 0 Å². The Kier molecular flexibility index (Phi) is 5.30. The fourth-order valence-electron chi connectivity index (χ4n) is 1.52. The lowest BCUT2D eigenvalue weighted by atomic mass is 10.1. The number of rotatable bonds is 6. The van der Waals surface area contributed by atoms with Gasteiger partial charge in [0.05, 0.1) is 0 Å². The second kappa shape index (κ2) is 6.74. The lowest BCUT2D eigenvalue weighted by molar-refractivity contribution is -0.137. The summed E-state index contributed by atoms with van der Waals surface area (Å²) in [5.74, 6) is -1.45. The number of aliphatic carboxylic acids is 1. The maximum atomic E-state index is 13.2. The summed E-state index contributed by atoms with van der Waals surface area (Å²) in [5, 5.41) is 11.1. The van der Waals surface area contributed by atoms with E-state index in [0.29, 0.717) is 24.1 Å². The second-order valence-corrected chi connectivity index (χ2v) is 4.06. The molecule has 0 heterocycles. The van der Waals surface area contributed by atoms with E-state index in [1.54, 1.807) is 13.0 Å². The van der Waals surface area contributed by atoms with Gasteiger partial charge in [0.15, 0.2) is 0 Å². The Morgan fingerprint density at radius 1 is 1.28 bits per heavy atom. The van der Waals surface area contributed by atoms with E-state index < -0.39 is 5.97 Å². The highest BCUT2D eigenvalue weighted by Crippen LogP contribution is 2.17. The zero-order chi connectivity index (χ0) is 13.5. The Balaban J connectivity index is 2.40. The number of anilines is 1. The van der Waals surface area contributed by atoms with Crippen LogP contribution in [-0.4, -0.2) is 17.0 Å². The predicted molar refractivity (Wildman–Crippen MR) is 65.9 cm³/mol. The van der Waals surface area contributed by atoms with E-state index in [9.17, 15) is 14.0 Å². The van der Waals surface area contributed by atoms with Crippen LogP contribution in [0.4, 0.5) is 10.1 Å². The molecule has 0 bridgehead atoms. The molecule has 0 spiro atoms. The van der Waals surface area contributed by atoms with Crippen molar-refractivity contribution in [2.24, 2.45) is 0 Å². The van der Waals surface area contributed by atoms with Crippen molar-refractivity contribution in [3.05, 3.63) is 29.6 Å². The molecule has 0 atom stereocenters. The Hall–Kier alpha value is -1.91. The van der Waals surface area contributed by atoms with Gasteiger partial charge in [0, 0.05) is 24.1 Å². The number of halogens is 1. The molecule has 4 nitrogen and oxygen atoms in total. The number of hydrogen-bond acceptors (Lipinski definition) is 2. The maximum absolute atomic E-state index is 13.2. The van der Waals surface area contributed by atoms with Crippen LogP contribution in [0.2, 0.25) is 0 Å². The Morgan fingerprint density at radius 3 is 2.61 bits per heavy atom. The first kappa shape index (κ1) is 14.2. The van der Waals surface area contributed by atoms with Crippen molar-refractivity contribution in [3.8, 4) is 0 Å². The number of amides is 1. The molecule has 5 heteroatoms. The Bertz CT molecular complexity index is 446. The molecule has 0 aliphatic heterocycles. The highest BCUT2D eigenvalue weighted by Gasteiger charge is 2.07. The first-order valence-corrected chi connectivity index (χ1v) is 5.77. The molecule has 1 aromatic carbocycles. The van der Waals surface area contributed by atoms with Crippen molar-refractivity contribution >= 4 is 17.6 Å². The predicted octanol–water partition coefficient (Wildman–Crippen LogP) is 2.72. The SMILES string of the molecule is Cc1c(F)cccc1NC(=O)CCCCC(=O)O. The highest BCUT2D eigenvalue weighted by atomic mass is 19.1. The average Bonchev–Trinajstić information content (AvgIpc) is 2.30. The van der Waals surface area contributed by atoms with Crippen LogP contribution >= 0.6 is 0 Å². The van der Waals surface area contributed by atoms with E-state index in [1.807, 2.05) is 0 Å². The van der Waals surface area contributed by atoms with Crippen molar-refractivity contribution in [1.29, 1.82) is 0 Å². The van der Waals surface area contributed by atoms with Gasteiger partial charge in [-0.3, -0.25) is 9.59 Å². The number of benzene rings is 1. The number of carboxylic acids is 1.